The van der Waals surface area contributed by atoms with Gasteiger partial charge in [-0.25, -0.2) is 4.39 Å². The van der Waals surface area contributed by atoms with Crippen LogP contribution >= 0.6 is 0 Å². The van der Waals surface area contributed by atoms with Crippen LogP contribution in [0.5, 0.6) is 0 Å². The Labute approximate surface area is 90.5 Å². The molecule has 0 aliphatic heterocycles. The molecule has 0 saturated heterocycles. The SMILES string of the molecule is C[C@H]1CCC[C@H](c2ccc(N)cc2F)C1. The number of nitrogen functional groups attached to an aromatic ring is 1. The molecule has 1 aliphatic carbocycles. The number of nitrogens with two attached hydrogens (primary N) is 1. The largest absolute Gasteiger partial charge is 0.399 e. The third kappa shape index (κ3) is 2.31. The molecular formula is C13H18FN. The molecular weight excluding hydrogens is 189 g/mol. The topological polar surface area (TPSA) is 26.0 Å². The molecule has 0 aromatic heterocycles. The van der Waals surface area contributed by atoms with Crippen molar-refractivity contribution in [3.63, 3.8) is 0 Å². The van der Waals surface area contributed by atoms with E-state index in [1.165, 1.54) is 18.9 Å². The van der Waals surface area contributed by atoms with Gasteiger partial charge in [0, 0.05) is 5.69 Å². The first-order chi connectivity index (χ1) is 7.16. The molecule has 1 aromatic rings. The Morgan fingerprint density at radius 2 is 2.13 bits per heavy atom. The van der Waals surface area contributed by atoms with Gasteiger partial charge < -0.3 is 5.73 Å². The minimum atomic E-state index is -0.130. The highest BCUT2D eigenvalue weighted by atomic mass is 19.1. The molecule has 2 N–H and O–H groups in total. The van der Waals surface area contributed by atoms with E-state index in [1.54, 1.807) is 6.07 Å². The number of benzene rings is 1. The van der Waals surface area contributed by atoms with Crippen LogP contribution < -0.4 is 5.73 Å². The van der Waals surface area contributed by atoms with Crippen molar-refractivity contribution in [2.45, 2.75) is 38.5 Å². The lowest BCUT2D eigenvalue weighted by atomic mass is 9.78. The van der Waals surface area contributed by atoms with Crippen molar-refractivity contribution in [3.05, 3.63) is 29.6 Å². The van der Waals surface area contributed by atoms with E-state index in [4.69, 9.17) is 5.73 Å². The predicted molar refractivity (Wildman–Crippen MR) is 61.2 cm³/mol. The number of anilines is 1. The van der Waals surface area contributed by atoms with Gasteiger partial charge in [-0.05, 0) is 42.4 Å². The summed E-state index contributed by atoms with van der Waals surface area (Å²) in [5, 5.41) is 0. The fraction of sp³-hybridized carbons (Fsp3) is 0.538. The highest BCUT2D eigenvalue weighted by Gasteiger charge is 2.22. The summed E-state index contributed by atoms with van der Waals surface area (Å²) in [6, 6.07) is 5.10. The van der Waals surface area contributed by atoms with Gasteiger partial charge in [-0.1, -0.05) is 25.8 Å². The first-order valence-corrected chi connectivity index (χ1v) is 5.71. The molecule has 1 fully saturated rings. The van der Waals surface area contributed by atoms with Crippen molar-refractivity contribution >= 4 is 5.69 Å². The fourth-order valence-electron chi connectivity index (χ4n) is 2.59. The summed E-state index contributed by atoms with van der Waals surface area (Å²) in [6.45, 7) is 2.25. The molecule has 1 aromatic carbocycles. The molecule has 1 aliphatic rings. The summed E-state index contributed by atoms with van der Waals surface area (Å²) in [4.78, 5) is 0. The van der Waals surface area contributed by atoms with Gasteiger partial charge >= 0.3 is 0 Å². The van der Waals surface area contributed by atoms with Gasteiger partial charge in [-0.2, -0.15) is 0 Å². The summed E-state index contributed by atoms with van der Waals surface area (Å²) in [5.41, 5.74) is 6.92. The molecule has 82 valence electrons. The lowest BCUT2D eigenvalue weighted by molar-refractivity contribution is 0.338. The molecule has 1 nitrogen and oxygen atoms in total. The standard InChI is InChI=1S/C13H18FN/c1-9-3-2-4-10(7-9)12-6-5-11(15)8-13(12)14/h5-6,8-10H,2-4,7,15H2,1H3/t9-,10-/m0/s1. The van der Waals surface area contributed by atoms with Gasteiger partial charge in [0.1, 0.15) is 5.82 Å². The second-order valence-electron chi connectivity index (χ2n) is 4.75. The summed E-state index contributed by atoms with van der Waals surface area (Å²) in [7, 11) is 0. The zero-order valence-corrected chi connectivity index (χ0v) is 9.17. The maximum atomic E-state index is 13.7. The van der Waals surface area contributed by atoms with Gasteiger partial charge in [-0.15, -0.1) is 0 Å². The van der Waals surface area contributed by atoms with Crippen LogP contribution in [0.15, 0.2) is 18.2 Å². The quantitative estimate of drug-likeness (QED) is 0.698. The van der Waals surface area contributed by atoms with Crippen molar-refractivity contribution in [1.29, 1.82) is 0 Å². The molecule has 0 amide bonds. The van der Waals surface area contributed by atoms with Gasteiger partial charge in [0.15, 0.2) is 0 Å². The number of halogens is 1. The van der Waals surface area contributed by atoms with E-state index in [9.17, 15) is 4.39 Å². The van der Waals surface area contributed by atoms with Crippen LogP contribution in [-0.2, 0) is 0 Å². The molecule has 2 rings (SSSR count). The third-order valence-electron chi connectivity index (χ3n) is 3.40. The minimum absolute atomic E-state index is 0.130. The van der Waals surface area contributed by atoms with Crippen LogP contribution in [0.25, 0.3) is 0 Å². The second-order valence-corrected chi connectivity index (χ2v) is 4.75. The van der Waals surface area contributed by atoms with Gasteiger partial charge in [-0.3, -0.25) is 0 Å². The van der Waals surface area contributed by atoms with Crippen molar-refractivity contribution in [2.24, 2.45) is 5.92 Å². The Morgan fingerprint density at radius 3 is 2.80 bits per heavy atom. The lowest BCUT2D eigenvalue weighted by Crippen LogP contribution is -2.13. The Hall–Kier alpha value is -1.05. The second kappa shape index (κ2) is 4.21. The first kappa shape index (κ1) is 10.5. The van der Waals surface area contributed by atoms with Crippen LogP contribution in [0, 0.1) is 11.7 Å². The summed E-state index contributed by atoms with van der Waals surface area (Å²) in [6.07, 6.45) is 4.73. The third-order valence-corrected chi connectivity index (χ3v) is 3.40. The highest BCUT2D eigenvalue weighted by Crippen LogP contribution is 2.37. The fourth-order valence-corrected chi connectivity index (χ4v) is 2.59. The zero-order chi connectivity index (χ0) is 10.8. The van der Waals surface area contributed by atoms with Gasteiger partial charge in [0.05, 0.1) is 0 Å². The average Bonchev–Trinajstić information content (AvgIpc) is 2.17. The van der Waals surface area contributed by atoms with Crippen molar-refractivity contribution in [3.8, 4) is 0 Å². The van der Waals surface area contributed by atoms with Crippen molar-refractivity contribution in [2.75, 3.05) is 5.73 Å². The summed E-state index contributed by atoms with van der Waals surface area (Å²) < 4.78 is 13.7. The number of hydrogen-bond donors (Lipinski definition) is 1. The van der Waals surface area contributed by atoms with Crippen LogP contribution in [-0.4, -0.2) is 0 Å². The maximum Gasteiger partial charge on any atom is 0.128 e. The summed E-state index contributed by atoms with van der Waals surface area (Å²) in [5.74, 6) is 0.990. The van der Waals surface area contributed by atoms with Crippen LogP contribution in [0.2, 0.25) is 0 Å². The van der Waals surface area contributed by atoms with Crippen LogP contribution in [0.4, 0.5) is 10.1 Å². The maximum absolute atomic E-state index is 13.7. The molecule has 0 spiro atoms. The summed E-state index contributed by atoms with van der Waals surface area (Å²) >= 11 is 0. The van der Waals surface area contributed by atoms with E-state index in [0.717, 1.165) is 24.3 Å². The van der Waals surface area contributed by atoms with E-state index < -0.39 is 0 Å². The van der Waals surface area contributed by atoms with E-state index >= 15 is 0 Å². The Bertz CT molecular complexity index is 348. The number of rotatable bonds is 1. The normalized spacial score (nSPS) is 26.5. The first-order valence-electron chi connectivity index (χ1n) is 5.71. The van der Waals surface area contributed by atoms with Crippen LogP contribution in [0.1, 0.15) is 44.1 Å². The molecule has 2 heteroatoms. The molecule has 0 heterocycles. The molecule has 1 saturated carbocycles. The van der Waals surface area contributed by atoms with E-state index in [-0.39, 0.29) is 5.82 Å². The Balaban J connectivity index is 2.21. The van der Waals surface area contributed by atoms with Crippen molar-refractivity contribution < 1.29 is 4.39 Å². The van der Waals surface area contributed by atoms with E-state index in [0.29, 0.717) is 11.6 Å². The molecule has 0 radical (unpaired) electrons. The Kier molecular flexibility index (Phi) is 2.94. The van der Waals surface area contributed by atoms with Crippen molar-refractivity contribution in [1.82, 2.24) is 0 Å². The molecule has 2 atom stereocenters. The smallest absolute Gasteiger partial charge is 0.128 e. The van der Waals surface area contributed by atoms with Gasteiger partial charge in [0.2, 0.25) is 0 Å². The lowest BCUT2D eigenvalue weighted by Gasteiger charge is -2.27. The Morgan fingerprint density at radius 1 is 1.33 bits per heavy atom. The van der Waals surface area contributed by atoms with Crippen LogP contribution in [0.3, 0.4) is 0 Å². The minimum Gasteiger partial charge on any atom is -0.399 e. The van der Waals surface area contributed by atoms with E-state index in [1.807, 2.05) is 6.07 Å². The monoisotopic (exact) mass is 207 g/mol. The van der Waals surface area contributed by atoms with Gasteiger partial charge in [0.25, 0.3) is 0 Å². The zero-order valence-electron chi connectivity index (χ0n) is 9.17. The molecule has 0 bridgehead atoms. The average molecular weight is 207 g/mol. The number of hydrogen-bond acceptors (Lipinski definition) is 1. The predicted octanol–water partition coefficient (Wildman–Crippen LogP) is 3.70. The van der Waals surface area contributed by atoms with E-state index in [2.05, 4.69) is 6.92 Å². The molecule has 15 heavy (non-hydrogen) atoms. The molecule has 0 unspecified atom stereocenters. The highest BCUT2D eigenvalue weighted by molar-refractivity contribution is 5.41.